The molecule has 0 amide bonds. The van der Waals surface area contributed by atoms with Crippen molar-refractivity contribution in [2.24, 2.45) is 23.0 Å². The standard InChI is InChI=1S/C15H28N2O2.ClH/c1-15(2,14(18)19-3)7-8-17-9-11-5-4-6-13(16)12(11)10-17;/h11-13H,4-10,16H2,1-3H3;1H. The number of methoxy groups -OCH3 is 1. The Hall–Kier alpha value is -0.320. The lowest BCUT2D eigenvalue weighted by Gasteiger charge is -2.30. The average molecular weight is 305 g/mol. The Morgan fingerprint density at radius 2 is 2.05 bits per heavy atom. The Morgan fingerprint density at radius 1 is 1.35 bits per heavy atom. The van der Waals surface area contributed by atoms with E-state index in [0.29, 0.717) is 12.0 Å². The van der Waals surface area contributed by atoms with Gasteiger partial charge in [-0.25, -0.2) is 0 Å². The molecular formula is C15H29ClN2O2. The molecule has 1 saturated carbocycles. The molecule has 5 heteroatoms. The minimum absolute atomic E-state index is 0. The van der Waals surface area contributed by atoms with Crippen LogP contribution in [-0.4, -0.2) is 43.7 Å². The second-order valence-electron chi connectivity index (χ2n) is 6.90. The quantitative estimate of drug-likeness (QED) is 0.808. The number of fused-ring (bicyclic) bond motifs is 1. The maximum absolute atomic E-state index is 11.7. The largest absolute Gasteiger partial charge is 0.469 e. The zero-order valence-corrected chi connectivity index (χ0v) is 13.7. The first-order chi connectivity index (χ1) is 8.94. The molecule has 0 bridgehead atoms. The van der Waals surface area contributed by atoms with Crippen LogP contribution in [-0.2, 0) is 9.53 Å². The number of carbonyl (C=O) groups is 1. The van der Waals surface area contributed by atoms with E-state index < -0.39 is 0 Å². The van der Waals surface area contributed by atoms with Crippen molar-refractivity contribution >= 4 is 18.4 Å². The first-order valence-electron chi connectivity index (χ1n) is 7.50. The molecule has 0 aromatic heterocycles. The second kappa shape index (κ2) is 7.10. The summed E-state index contributed by atoms with van der Waals surface area (Å²) in [5.74, 6) is 1.35. The second-order valence-corrected chi connectivity index (χ2v) is 6.90. The highest BCUT2D eigenvalue weighted by molar-refractivity contribution is 5.85. The number of esters is 1. The van der Waals surface area contributed by atoms with Crippen molar-refractivity contribution in [1.29, 1.82) is 0 Å². The summed E-state index contributed by atoms with van der Waals surface area (Å²) < 4.78 is 4.86. The molecule has 0 spiro atoms. The molecule has 2 aliphatic rings. The van der Waals surface area contributed by atoms with E-state index in [1.54, 1.807) is 0 Å². The summed E-state index contributed by atoms with van der Waals surface area (Å²) in [5.41, 5.74) is 5.85. The highest BCUT2D eigenvalue weighted by atomic mass is 35.5. The Bertz CT molecular complexity index is 336. The molecule has 3 atom stereocenters. The summed E-state index contributed by atoms with van der Waals surface area (Å²) >= 11 is 0. The van der Waals surface area contributed by atoms with Gasteiger partial charge in [-0.05, 0) is 51.5 Å². The summed E-state index contributed by atoms with van der Waals surface area (Å²) in [6.07, 6.45) is 4.65. The number of halogens is 1. The van der Waals surface area contributed by atoms with E-state index in [-0.39, 0.29) is 23.8 Å². The van der Waals surface area contributed by atoms with Crippen molar-refractivity contribution in [3.05, 3.63) is 0 Å². The Morgan fingerprint density at radius 3 is 2.65 bits per heavy atom. The van der Waals surface area contributed by atoms with Crippen molar-refractivity contribution < 1.29 is 9.53 Å². The Balaban J connectivity index is 0.00000200. The molecule has 0 radical (unpaired) electrons. The van der Waals surface area contributed by atoms with Crippen LogP contribution in [0.2, 0.25) is 0 Å². The normalized spacial score (nSPS) is 30.5. The average Bonchev–Trinajstić information content (AvgIpc) is 2.80. The van der Waals surface area contributed by atoms with E-state index >= 15 is 0 Å². The molecule has 0 aromatic carbocycles. The maximum Gasteiger partial charge on any atom is 0.311 e. The third-order valence-corrected chi connectivity index (χ3v) is 5.02. The molecule has 2 rings (SSSR count). The molecule has 118 valence electrons. The van der Waals surface area contributed by atoms with Crippen LogP contribution in [0.4, 0.5) is 0 Å². The molecule has 4 nitrogen and oxygen atoms in total. The van der Waals surface area contributed by atoms with E-state index in [4.69, 9.17) is 10.5 Å². The molecule has 1 aliphatic carbocycles. The van der Waals surface area contributed by atoms with Crippen molar-refractivity contribution in [1.82, 2.24) is 4.90 Å². The zero-order chi connectivity index (χ0) is 14.0. The predicted molar refractivity (Wildman–Crippen MR) is 82.9 cm³/mol. The smallest absolute Gasteiger partial charge is 0.311 e. The van der Waals surface area contributed by atoms with Gasteiger partial charge >= 0.3 is 5.97 Å². The molecule has 1 heterocycles. The van der Waals surface area contributed by atoms with Crippen LogP contribution in [0.25, 0.3) is 0 Å². The summed E-state index contributed by atoms with van der Waals surface area (Å²) in [4.78, 5) is 14.2. The van der Waals surface area contributed by atoms with Crippen molar-refractivity contribution in [2.45, 2.75) is 45.6 Å². The van der Waals surface area contributed by atoms with Gasteiger partial charge in [0.25, 0.3) is 0 Å². The maximum atomic E-state index is 11.7. The van der Waals surface area contributed by atoms with Gasteiger partial charge in [-0.15, -0.1) is 12.4 Å². The van der Waals surface area contributed by atoms with E-state index in [2.05, 4.69) is 4.90 Å². The fourth-order valence-corrected chi connectivity index (χ4v) is 3.61. The number of likely N-dealkylation sites (tertiary alicyclic amines) is 1. The molecule has 3 unspecified atom stereocenters. The number of hydrogen-bond donors (Lipinski definition) is 1. The highest BCUT2D eigenvalue weighted by Crippen LogP contribution is 2.36. The number of rotatable bonds is 4. The third-order valence-electron chi connectivity index (χ3n) is 5.02. The number of nitrogens with two attached hydrogens (primary N) is 1. The van der Waals surface area contributed by atoms with Crippen LogP contribution < -0.4 is 5.73 Å². The molecule has 2 fully saturated rings. The number of ether oxygens (including phenoxy) is 1. The van der Waals surface area contributed by atoms with Crippen LogP contribution in [0.3, 0.4) is 0 Å². The van der Waals surface area contributed by atoms with Gasteiger partial charge in [-0.3, -0.25) is 4.79 Å². The van der Waals surface area contributed by atoms with E-state index in [0.717, 1.165) is 32.0 Å². The van der Waals surface area contributed by atoms with E-state index in [9.17, 15) is 4.79 Å². The fourth-order valence-electron chi connectivity index (χ4n) is 3.61. The molecule has 1 aliphatic heterocycles. The van der Waals surface area contributed by atoms with Crippen LogP contribution in [0.15, 0.2) is 0 Å². The van der Waals surface area contributed by atoms with E-state index in [1.807, 2.05) is 13.8 Å². The lowest BCUT2D eigenvalue weighted by Crippen LogP contribution is -2.38. The summed E-state index contributed by atoms with van der Waals surface area (Å²) in [5, 5.41) is 0. The monoisotopic (exact) mass is 304 g/mol. The molecule has 1 saturated heterocycles. The Kier molecular flexibility index (Phi) is 6.29. The predicted octanol–water partition coefficient (Wildman–Crippen LogP) is 2.06. The summed E-state index contributed by atoms with van der Waals surface area (Å²) in [6.45, 7) is 7.18. The number of hydrogen-bond acceptors (Lipinski definition) is 4. The lowest BCUT2D eigenvalue weighted by molar-refractivity contribution is -0.151. The van der Waals surface area contributed by atoms with Gasteiger partial charge in [-0.1, -0.05) is 6.42 Å². The third kappa shape index (κ3) is 3.86. The zero-order valence-electron chi connectivity index (χ0n) is 12.9. The molecule has 0 aromatic rings. The molecule has 2 N–H and O–H groups in total. The van der Waals surface area contributed by atoms with Gasteiger partial charge in [-0.2, -0.15) is 0 Å². The van der Waals surface area contributed by atoms with Gasteiger partial charge in [0.2, 0.25) is 0 Å². The first-order valence-corrected chi connectivity index (χ1v) is 7.50. The van der Waals surface area contributed by atoms with Gasteiger partial charge in [0.1, 0.15) is 0 Å². The van der Waals surface area contributed by atoms with Gasteiger partial charge in [0, 0.05) is 19.1 Å². The van der Waals surface area contributed by atoms with Gasteiger partial charge in [0.05, 0.1) is 12.5 Å². The van der Waals surface area contributed by atoms with Crippen LogP contribution in [0.1, 0.15) is 39.5 Å². The lowest BCUT2D eigenvalue weighted by atomic mass is 9.78. The molecular weight excluding hydrogens is 276 g/mol. The van der Waals surface area contributed by atoms with Gasteiger partial charge < -0.3 is 15.4 Å². The van der Waals surface area contributed by atoms with Crippen molar-refractivity contribution in [2.75, 3.05) is 26.7 Å². The first kappa shape index (κ1) is 17.7. The van der Waals surface area contributed by atoms with Crippen LogP contribution in [0, 0.1) is 17.3 Å². The van der Waals surface area contributed by atoms with Crippen molar-refractivity contribution in [3.63, 3.8) is 0 Å². The number of carbonyl (C=O) groups excluding carboxylic acids is 1. The minimum atomic E-state index is -0.384. The Labute approximate surface area is 128 Å². The minimum Gasteiger partial charge on any atom is -0.469 e. The summed E-state index contributed by atoms with van der Waals surface area (Å²) in [6, 6.07) is 0.386. The fraction of sp³-hybridized carbons (Fsp3) is 0.933. The van der Waals surface area contributed by atoms with Crippen molar-refractivity contribution in [3.8, 4) is 0 Å². The summed E-state index contributed by atoms with van der Waals surface area (Å²) in [7, 11) is 1.47. The van der Waals surface area contributed by atoms with E-state index in [1.165, 1.54) is 26.4 Å². The topological polar surface area (TPSA) is 55.6 Å². The SMILES string of the molecule is COC(=O)C(C)(C)CCN1CC2CCCC(N)C2C1.Cl. The van der Waals surface area contributed by atoms with Crippen LogP contribution in [0.5, 0.6) is 0 Å². The van der Waals surface area contributed by atoms with Crippen LogP contribution >= 0.6 is 12.4 Å². The number of nitrogens with zero attached hydrogens (tertiary/aromatic N) is 1. The van der Waals surface area contributed by atoms with Gasteiger partial charge in [0.15, 0.2) is 0 Å². The molecule has 20 heavy (non-hydrogen) atoms. The highest BCUT2D eigenvalue weighted by Gasteiger charge is 2.39.